The maximum atomic E-state index is 10.4. The van der Waals surface area contributed by atoms with Gasteiger partial charge in [-0.3, -0.25) is 4.79 Å². The summed E-state index contributed by atoms with van der Waals surface area (Å²) < 4.78 is 6.82. The number of carboxylic acid groups (broad SMARTS) is 1. The van der Waals surface area contributed by atoms with Crippen LogP contribution in [0.3, 0.4) is 0 Å². The summed E-state index contributed by atoms with van der Waals surface area (Å²) in [6, 6.07) is 0. The molecule has 0 aliphatic carbocycles. The lowest BCUT2D eigenvalue weighted by molar-refractivity contribution is -0.137. The Morgan fingerprint density at radius 2 is 2.32 bits per heavy atom. The molecule has 0 aliphatic heterocycles. The monoisotopic (exact) mass is 264 g/mol. The number of unbranched alkanes of at least 4 members (excludes halogenated alkanes) is 1. The number of nitrogens with zero attached hydrogens (tertiary/aromatic N) is 4. The first-order valence-corrected chi connectivity index (χ1v) is 6.15. The van der Waals surface area contributed by atoms with Crippen LogP contribution in [0.25, 0.3) is 0 Å². The maximum Gasteiger partial charge on any atom is 0.303 e. The number of hydrogen-bond acceptors (Lipinski definition) is 5. The molecule has 0 aromatic carbocycles. The van der Waals surface area contributed by atoms with E-state index in [1.165, 1.54) is 6.39 Å². The second-order valence-electron chi connectivity index (χ2n) is 4.36. The van der Waals surface area contributed by atoms with Crippen molar-refractivity contribution in [2.24, 2.45) is 0 Å². The van der Waals surface area contributed by atoms with Gasteiger partial charge in [-0.1, -0.05) is 5.21 Å². The third-order valence-electron chi connectivity index (χ3n) is 2.82. The summed E-state index contributed by atoms with van der Waals surface area (Å²) in [6.45, 7) is 2.39. The Labute approximate surface area is 110 Å². The zero-order valence-corrected chi connectivity index (χ0v) is 10.7. The fourth-order valence-electron chi connectivity index (χ4n) is 1.75. The Morgan fingerprint density at radius 3 is 3.00 bits per heavy atom. The van der Waals surface area contributed by atoms with Crippen LogP contribution in [-0.4, -0.2) is 31.1 Å². The zero-order valence-electron chi connectivity index (χ0n) is 10.7. The van der Waals surface area contributed by atoms with Crippen molar-refractivity contribution in [1.29, 1.82) is 0 Å². The van der Waals surface area contributed by atoms with Gasteiger partial charge in [0.05, 0.1) is 12.2 Å². The minimum Gasteiger partial charge on any atom is -0.481 e. The molecule has 102 valence electrons. The topological polar surface area (TPSA) is 94.0 Å². The molecule has 0 saturated heterocycles. The zero-order chi connectivity index (χ0) is 13.7. The van der Waals surface area contributed by atoms with Gasteiger partial charge in [-0.25, -0.2) is 9.67 Å². The van der Waals surface area contributed by atoms with Crippen molar-refractivity contribution in [2.45, 2.75) is 39.2 Å². The highest BCUT2D eigenvalue weighted by Crippen LogP contribution is 2.08. The van der Waals surface area contributed by atoms with E-state index < -0.39 is 5.97 Å². The molecule has 0 saturated carbocycles. The molecule has 19 heavy (non-hydrogen) atoms. The molecule has 7 heteroatoms. The van der Waals surface area contributed by atoms with Gasteiger partial charge in [0, 0.05) is 12.6 Å². The van der Waals surface area contributed by atoms with Crippen LogP contribution in [0.15, 0.2) is 17.0 Å². The highest BCUT2D eigenvalue weighted by molar-refractivity contribution is 5.66. The lowest BCUT2D eigenvalue weighted by atomic mass is 10.1. The molecule has 0 bridgehead atoms. The van der Waals surface area contributed by atoms with Crippen LogP contribution in [0, 0.1) is 6.92 Å². The van der Waals surface area contributed by atoms with E-state index >= 15 is 0 Å². The molecule has 0 amide bonds. The second kappa shape index (κ2) is 6.12. The summed E-state index contributed by atoms with van der Waals surface area (Å²) in [4.78, 5) is 14.5. The van der Waals surface area contributed by atoms with Crippen molar-refractivity contribution in [3.8, 4) is 0 Å². The summed E-state index contributed by atoms with van der Waals surface area (Å²) in [5.74, 6) is 0.0173. The SMILES string of the molecule is Cc1ocnc1Cn1cc(CCCCC(=O)O)nn1. The highest BCUT2D eigenvalue weighted by atomic mass is 16.4. The first kappa shape index (κ1) is 13.3. The molecule has 7 nitrogen and oxygen atoms in total. The van der Waals surface area contributed by atoms with Gasteiger partial charge in [-0.05, 0) is 26.2 Å². The number of hydrogen-bond donors (Lipinski definition) is 1. The smallest absolute Gasteiger partial charge is 0.303 e. The van der Waals surface area contributed by atoms with Gasteiger partial charge in [0.25, 0.3) is 0 Å². The fraction of sp³-hybridized carbons (Fsp3) is 0.500. The molecule has 0 unspecified atom stereocenters. The van der Waals surface area contributed by atoms with Crippen molar-refractivity contribution in [3.63, 3.8) is 0 Å². The number of carboxylic acids is 1. The van der Waals surface area contributed by atoms with Crippen molar-refractivity contribution < 1.29 is 14.3 Å². The Kier molecular flexibility index (Phi) is 4.27. The molecular weight excluding hydrogens is 248 g/mol. The number of aliphatic carboxylic acids is 1. The average molecular weight is 264 g/mol. The van der Waals surface area contributed by atoms with Crippen LogP contribution in [0.2, 0.25) is 0 Å². The van der Waals surface area contributed by atoms with Crippen molar-refractivity contribution in [3.05, 3.63) is 29.7 Å². The largest absolute Gasteiger partial charge is 0.481 e. The summed E-state index contributed by atoms with van der Waals surface area (Å²) in [5, 5.41) is 16.6. The predicted molar refractivity (Wildman–Crippen MR) is 65.6 cm³/mol. The normalized spacial score (nSPS) is 10.8. The van der Waals surface area contributed by atoms with Crippen molar-refractivity contribution in [1.82, 2.24) is 20.0 Å². The molecule has 0 aliphatic rings. The van der Waals surface area contributed by atoms with Crippen molar-refractivity contribution >= 4 is 5.97 Å². The Hall–Kier alpha value is -2.18. The second-order valence-corrected chi connectivity index (χ2v) is 4.36. The molecule has 2 heterocycles. The average Bonchev–Trinajstić information content (AvgIpc) is 2.96. The van der Waals surface area contributed by atoms with E-state index in [1.54, 1.807) is 4.68 Å². The maximum absolute atomic E-state index is 10.4. The Bertz CT molecular complexity index is 547. The molecule has 2 aromatic rings. The van der Waals surface area contributed by atoms with E-state index in [0.717, 1.165) is 30.0 Å². The third-order valence-corrected chi connectivity index (χ3v) is 2.82. The van der Waals surface area contributed by atoms with Gasteiger partial charge in [0.15, 0.2) is 6.39 Å². The number of aryl methyl sites for hydroxylation is 2. The van der Waals surface area contributed by atoms with E-state index in [2.05, 4.69) is 15.3 Å². The van der Waals surface area contributed by atoms with Gasteiger partial charge < -0.3 is 9.52 Å². The highest BCUT2D eigenvalue weighted by Gasteiger charge is 2.07. The molecule has 1 N–H and O–H groups in total. The van der Waals surface area contributed by atoms with E-state index in [9.17, 15) is 4.79 Å². The van der Waals surface area contributed by atoms with Crippen LogP contribution in [0.4, 0.5) is 0 Å². The molecular formula is C12H16N4O3. The molecule has 0 spiro atoms. The number of oxazole rings is 1. The standard InChI is InChI=1S/C12H16N4O3/c1-9-11(13-8-19-9)7-16-6-10(14-15-16)4-2-3-5-12(17)18/h6,8H,2-5,7H2,1H3,(H,17,18). The quantitative estimate of drug-likeness (QED) is 0.760. The summed E-state index contributed by atoms with van der Waals surface area (Å²) >= 11 is 0. The molecule has 0 atom stereocenters. The summed E-state index contributed by atoms with van der Waals surface area (Å²) in [6.07, 6.45) is 5.67. The van der Waals surface area contributed by atoms with E-state index in [1.807, 2.05) is 13.1 Å². The molecule has 2 rings (SSSR count). The van der Waals surface area contributed by atoms with Gasteiger partial charge in [-0.15, -0.1) is 5.10 Å². The van der Waals surface area contributed by atoms with Crippen LogP contribution in [-0.2, 0) is 17.8 Å². The number of carbonyl (C=O) groups is 1. The molecule has 0 radical (unpaired) electrons. The number of rotatable bonds is 7. The first-order chi connectivity index (χ1) is 9.15. The van der Waals surface area contributed by atoms with Crippen LogP contribution >= 0.6 is 0 Å². The number of aromatic nitrogens is 4. The Morgan fingerprint density at radius 1 is 1.47 bits per heavy atom. The lowest BCUT2D eigenvalue weighted by Crippen LogP contribution is -2.01. The van der Waals surface area contributed by atoms with Gasteiger partial charge in [0.2, 0.25) is 0 Å². The summed E-state index contributed by atoms with van der Waals surface area (Å²) in [7, 11) is 0. The van der Waals surface area contributed by atoms with Gasteiger partial charge >= 0.3 is 5.97 Å². The third kappa shape index (κ3) is 3.90. The predicted octanol–water partition coefficient (Wildman–Crippen LogP) is 1.42. The first-order valence-electron chi connectivity index (χ1n) is 6.15. The van der Waals surface area contributed by atoms with Crippen molar-refractivity contribution in [2.75, 3.05) is 0 Å². The fourth-order valence-corrected chi connectivity index (χ4v) is 1.75. The minimum absolute atomic E-state index is 0.201. The van der Waals surface area contributed by atoms with Crippen LogP contribution in [0.1, 0.15) is 36.4 Å². The van der Waals surface area contributed by atoms with Crippen LogP contribution < -0.4 is 0 Å². The minimum atomic E-state index is -0.759. The molecule has 0 fully saturated rings. The van der Waals surface area contributed by atoms with Gasteiger partial charge in [0.1, 0.15) is 11.5 Å². The van der Waals surface area contributed by atoms with Gasteiger partial charge in [-0.2, -0.15) is 0 Å². The van der Waals surface area contributed by atoms with Crippen LogP contribution in [0.5, 0.6) is 0 Å². The Balaban J connectivity index is 1.82. The van der Waals surface area contributed by atoms with E-state index in [0.29, 0.717) is 13.0 Å². The van der Waals surface area contributed by atoms with E-state index in [-0.39, 0.29) is 6.42 Å². The lowest BCUT2D eigenvalue weighted by Gasteiger charge is -1.96. The summed E-state index contributed by atoms with van der Waals surface area (Å²) in [5.41, 5.74) is 1.70. The van der Waals surface area contributed by atoms with E-state index in [4.69, 9.17) is 9.52 Å². The molecule has 2 aromatic heterocycles.